The molecular weight excluding hydrogens is 288 g/mol. The van der Waals surface area contributed by atoms with Crippen molar-refractivity contribution in [2.75, 3.05) is 10.7 Å². The molecular formula is C14H10N4O2S. The highest BCUT2D eigenvalue weighted by Gasteiger charge is 2.39. The van der Waals surface area contributed by atoms with Gasteiger partial charge in [0.05, 0.1) is 11.1 Å². The van der Waals surface area contributed by atoms with Crippen molar-refractivity contribution in [3.63, 3.8) is 0 Å². The molecule has 0 saturated heterocycles. The second kappa shape index (κ2) is 5.07. The summed E-state index contributed by atoms with van der Waals surface area (Å²) in [7, 11) is 0. The lowest BCUT2D eigenvalue weighted by Gasteiger charge is -2.11. The normalized spacial score (nSPS) is 13.4. The van der Waals surface area contributed by atoms with Crippen molar-refractivity contribution in [2.45, 2.75) is 11.9 Å². The van der Waals surface area contributed by atoms with E-state index in [-0.39, 0.29) is 11.4 Å². The summed E-state index contributed by atoms with van der Waals surface area (Å²) in [4.78, 5) is 25.8. The fourth-order valence-corrected chi connectivity index (χ4v) is 2.88. The Kier molecular flexibility index (Phi) is 3.23. The quantitative estimate of drug-likeness (QED) is 0.693. The second-order valence-corrected chi connectivity index (χ2v) is 5.54. The maximum atomic E-state index is 12.4. The number of nitriles is 1. The Bertz CT molecular complexity index is 756. The van der Waals surface area contributed by atoms with Crippen LogP contribution in [0.2, 0.25) is 0 Å². The summed E-state index contributed by atoms with van der Waals surface area (Å²) in [5.74, 6) is -0.00610. The van der Waals surface area contributed by atoms with Crippen LogP contribution in [-0.2, 0) is 0 Å². The third-order valence-electron chi connectivity index (χ3n) is 3.12. The van der Waals surface area contributed by atoms with Gasteiger partial charge < -0.3 is 0 Å². The van der Waals surface area contributed by atoms with E-state index in [1.54, 1.807) is 24.3 Å². The van der Waals surface area contributed by atoms with Crippen molar-refractivity contribution in [2.24, 2.45) is 0 Å². The molecule has 2 heterocycles. The van der Waals surface area contributed by atoms with Crippen LogP contribution >= 0.6 is 11.8 Å². The SMILES string of the molecule is CCSc1n[nH]c(N2C(=O)c3ccccc3C2=O)c1C#N. The number of H-pyrrole nitrogens is 1. The molecule has 0 atom stereocenters. The standard InChI is InChI=1S/C14H10N4O2S/c1-2-21-12-10(7-15)11(16-17-12)18-13(19)8-5-3-4-6-9(8)14(18)20/h3-6H,2H2,1H3,(H,16,17). The van der Waals surface area contributed by atoms with Crippen molar-refractivity contribution in [1.29, 1.82) is 5.26 Å². The topological polar surface area (TPSA) is 89.8 Å². The number of hydrogen-bond donors (Lipinski definition) is 1. The molecule has 7 heteroatoms. The average Bonchev–Trinajstić information content (AvgIpc) is 3.00. The van der Waals surface area contributed by atoms with Crippen LogP contribution in [0.3, 0.4) is 0 Å². The molecule has 0 bridgehead atoms. The van der Waals surface area contributed by atoms with Crippen molar-refractivity contribution in [1.82, 2.24) is 10.2 Å². The van der Waals surface area contributed by atoms with E-state index in [0.717, 1.165) is 10.7 Å². The van der Waals surface area contributed by atoms with Gasteiger partial charge in [-0.25, -0.2) is 4.90 Å². The molecule has 0 radical (unpaired) electrons. The van der Waals surface area contributed by atoms with E-state index in [9.17, 15) is 14.9 Å². The zero-order valence-electron chi connectivity index (χ0n) is 11.1. The first-order valence-electron chi connectivity index (χ1n) is 6.28. The van der Waals surface area contributed by atoms with E-state index in [1.165, 1.54) is 11.8 Å². The second-order valence-electron chi connectivity index (χ2n) is 4.29. The third kappa shape index (κ3) is 1.92. The number of imide groups is 1. The first kappa shape index (κ1) is 13.4. The molecule has 21 heavy (non-hydrogen) atoms. The number of hydrogen-bond acceptors (Lipinski definition) is 5. The minimum absolute atomic E-state index is 0.139. The van der Waals surface area contributed by atoms with Crippen LogP contribution in [-0.4, -0.2) is 27.8 Å². The van der Waals surface area contributed by atoms with Gasteiger partial charge in [-0.3, -0.25) is 14.7 Å². The number of amides is 2. The lowest BCUT2D eigenvalue weighted by Crippen LogP contribution is -2.30. The molecule has 0 aliphatic carbocycles. The number of thioether (sulfide) groups is 1. The number of carbonyl (C=O) groups excluding carboxylic acids is 2. The number of nitrogens with one attached hydrogen (secondary N) is 1. The number of anilines is 1. The van der Waals surface area contributed by atoms with Gasteiger partial charge in [0.1, 0.15) is 16.7 Å². The zero-order valence-corrected chi connectivity index (χ0v) is 11.9. The highest BCUT2D eigenvalue weighted by molar-refractivity contribution is 7.99. The highest BCUT2D eigenvalue weighted by atomic mass is 32.2. The van der Waals surface area contributed by atoms with Crippen LogP contribution in [0.25, 0.3) is 0 Å². The molecule has 1 aromatic carbocycles. The van der Waals surface area contributed by atoms with Crippen LogP contribution in [0.5, 0.6) is 0 Å². The monoisotopic (exact) mass is 298 g/mol. The van der Waals surface area contributed by atoms with Crippen molar-refractivity contribution >= 4 is 29.4 Å². The van der Waals surface area contributed by atoms with Crippen molar-refractivity contribution in [3.8, 4) is 6.07 Å². The summed E-state index contributed by atoms with van der Waals surface area (Å²) in [6.45, 7) is 1.93. The Hall–Kier alpha value is -2.59. The third-order valence-corrected chi connectivity index (χ3v) is 3.98. The number of aromatic nitrogens is 2. The smallest absolute Gasteiger partial charge is 0.267 e. The molecule has 0 spiro atoms. The van der Waals surface area contributed by atoms with Crippen molar-refractivity contribution < 1.29 is 9.59 Å². The molecule has 0 unspecified atom stereocenters. The van der Waals surface area contributed by atoms with Gasteiger partial charge in [0.15, 0.2) is 5.82 Å². The maximum absolute atomic E-state index is 12.4. The Morgan fingerprint density at radius 2 is 1.90 bits per heavy atom. The summed E-state index contributed by atoms with van der Waals surface area (Å²) >= 11 is 1.38. The van der Waals surface area contributed by atoms with Gasteiger partial charge >= 0.3 is 0 Å². The van der Waals surface area contributed by atoms with E-state index < -0.39 is 11.8 Å². The van der Waals surface area contributed by atoms with Crippen molar-refractivity contribution in [3.05, 3.63) is 41.0 Å². The first-order chi connectivity index (χ1) is 10.2. The van der Waals surface area contributed by atoms with Gasteiger partial charge in [-0.15, -0.1) is 11.8 Å². The molecule has 0 fully saturated rings. The summed E-state index contributed by atoms with van der Waals surface area (Å²) < 4.78 is 0. The maximum Gasteiger partial charge on any atom is 0.267 e. The van der Waals surface area contributed by atoms with Gasteiger partial charge in [0.25, 0.3) is 11.8 Å². The molecule has 1 aromatic heterocycles. The van der Waals surface area contributed by atoms with Crippen LogP contribution in [0.4, 0.5) is 5.82 Å². The first-order valence-corrected chi connectivity index (χ1v) is 7.26. The van der Waals surface area contributed by atoms with E-state index in [0.29, 0.717) is 16.2 Å². The number of carbonyl (C=O) groups is 2. The highest BCUT2D eigenvalue weighted by Crippen LogP contribution is 2.32. The molecule has 6 nitrogen and oxygen atoms in total. The minimum Gasteiger partial charge on any atom is -0.268 e. The van der Waals surface area contributed by atoms with Crippen LogP contribution in [0.15, 0.2) is 29.3 Å². The van der Waals surface area contributed by atoms with Crippen LogP contribution in [0, 0.1) is 11.3 Å². The molecule has 1 aliphatic heterocycles. The predicted molar refractivity (Wildman–Crippen MR) is 77.3 cm³/mol. The fourth-order valence-electron chi connectivity index (χ4n) is 2.21. The van der Waals surface area contributed by atoms with Crippen LogP contribution < -0.4 is 4.90 Å². The number of nitrogens with zero attached hydrogens (tertiary/aromatic N) is 3. The summed E-state index contributed by atoms with van der Waals surface area (Å²) in [5, 5.41) is 16.4. The summed E-state index contributed by atoms with van der Waals surface area (Å²) in [6.07, 6.45) is 0. The molecule has 0 saturated carbocycles. The summed E-state index contributed by atoms with van der Waals surface area (Å²) in [5.41, 5.74) is 0.896. The predicted octanol–water partition coefficient (Wildman–Crippen LogP) is 2.19. The number of aromatic amines is 1. The van der Waals surface area contributed by atoms with Gasteiger partial charge in [-0.2, -0.15) is 10.4 Å². The Balaban J connectivity index is 2.10. The Labute approximate surface area is 124 Å². The van der Waals surface area contributed by atoms with E-state index >= 15 is 0 Å². The Morgan fingerprint density at radius 1 is 1.29 bits per heavy atom. The van der Waals surface area contributed by atoms with E-state index in [4.69, 9.17) is 0 Å². The van der Waals surface area contributed by atoms with Crippen LogP contribution in [0.1, 0.15) is 33.2 Å². The largest absolute Gasteiger partial charge is 0.268 e. The lowest BCUT2D eigenvalue weighted by molar-refractivity contribution is 0.0925. The minimum atomic E-state index is -0.441. The van der Waals surface area contributed by atoms with Gasteiger partial charge in [-0.1, -0.05) is 19.1 Å². The van der Waals surface area contributed by atoms with E-state index in [1.807, 2.05) is 13.0 Å². The van der Waals surface area contributed by atoms with Gasteiger partial charge in [0, 0.05) is 0 Å². The van der Waals surface area contributed by atoms with E-state index in [2.05, 4.69) is 10.2 Å². The number of fused-ring (bicyclic) bond motifs is 1. The number of rotatable bonds is 3. The molecule has 3 rings (SSSR count). The van der Waals surface area contributed by atoms with Gasteiger partial charge in [-0.05, 0) is 17.9 Å². The molecule has 1 N–H and O–H groups in total. The Morgan fingerprint density at radius 3 is 2.43 bits per heavy atom. The molecule has 1 aliphatic rings. The molecule has 104 valence electrons. The fraction of sp³-hybridized carbons (Fsp3) is 0.143. The number of benzene rings is 1. The molecule has 2 aromatic rings. The molecule has 2 amide bonds. The zero-order chi connectivity index (χ0) is 15.0. The summed E-state index contributed by atoms with van der Waals surface area (Å²) in [6, 6.07) is 8.60. The van der Waals surface area contributed by atoms with Gasteiger partial charge in [0.2, 0.25) is 0 Å². The average molecular weight is 298 g/mol. The lowest BCUT2D eigenvalue weighted by atomic mass is 10.1.